The Morgan fingerprint density at radius 1 is 1.39 bits per heavy atom. The quantitative estimate of drug-likeness (QED) is 0.912. The molecule has 1 aliphatic carbocycles. The molecular formula is C13H14F2N2O. The number of H-pyrrole nitrogens is 1. The lowest BCUT2D eigenvalue weighted by atomic mass is 9.77. The molecule has 1 aromatic heterocycles. The second-order valence-corrected chi connectivity index (χ2v) is 4.88. The van der Waals surface area contributed by atoms with E-state index in [2.05, 4.69) is 9.97 Å². The van der Waals surface area contributed by atoms with Gasteiger partial charge in [0.05, 0.1) is 11.1 Å². The monoisotopic (exact) mass is 252 g/mol. The van der Waals surface area contributed by atoms with Crippen LogP contribution in [0.2, 0.25) is 0 Å². The van der Waals surface area contributed by atoms with Crippen LogP contribution in [0.4, 0.5) is 8.78 Å². The third-order valence-corrected chi connectivity index (χ3v) is 3.74. The van der Waals surface area contributed by atoms with Gasteiger partial charge in [0.15, 0.2) is 5.82 Å². The van der Waals surface area contributed by atoms with E-state index in [1.807, 2.05) is 0 Å². The van der Waals surface area contributed by atoms with Crippen LogP contribution in [0.1, 0.15) is 25.1 Å². The number of rotatable bonds is 3. The number of benzene rings is 1. The maximum Gasteiger partial charge on any atom is 0.153 e. The molecule has 96 valence electrons. The van der Waals surface area contributed by atoms with Gasteiger partial charge in [-0.1, -0.05) is 0 Å². The summed E-state index contributed by atoms with van der Waals surface area (Å²) in [6.45, 7) is 0. The zero-order valence-corrected chi connectivity index (χ0v) is 10.1. The molecule has 0 saturated heterocycles. The molecule has 1 fully saturated rings. The van der Waals surface area contributed by atoms with E-state index in [1.165, 1.54) is 6.07 Å². The molecule has 3 rings (SSSR count). The van der Waals surface area contributed by atoms with Crippen molar-refractivity contribution in [2.24, 2.45) is 0 Å². The molecule has 0 aliphatic heterocycles. The topological polar surface area (TPSA) is 37.9 Å². The number of ether oxygens (including phenoxy) is 1. The average Bonchev–Trinajstić information content (AvgIpc) is 2.66. The summed E-state index contributed by atoms with van der Waals surface area (Å²) in [5.41, 5.74) is 0.410. The fraction of sp³-hybridized carbons (Fsp3) is 0.462. The first-order valence-electron chi connectivity index (χ1n) is 6.01. The summed E-state index contributed by atoms with van der Waals surface area (Å²) in [6.07, 6.45) is 3.71. The third kappa shape index (κ3) is 1.79. The molecule has 0 bridgehead atoms. The Labute approximate surface area is 103 Å². The number of hydrogen-bond donors (Lipinski definition) is 1. The summed E-state index contributed by atoms with van der Waals surface area (Å²) in [5.74, 6) is -0.580. The van der Waals surface area contributed by atoms with Gasteiger partial charge in [0.1, 0.15) is 17.2 Å². The number of nitrogens with one attached hydrogen (secondary N) is 1. The van der Waals surface area contributed by atoms with E-state index in [4.69, 9.17) is 4.74 Å². The zero-order valence-electron chi connectivity index (χ0n) is 10.1. The number of aromatic amines is 1. The van der Waals surface area contributed by atoms with Gasteiger partial charge >= 0.3 is 0 Å². The molecule has 1 aliphatic rings. The zero-order chi connectivity index (χ0) is 12.8. The van der Waals surface area contributed by atoms with Gasteiger partial charge in [0.2, 0.25) is 0 Å². The number of imidazole rings is 1. The normalized spacial score (nSPS) is 17.9. The van der Waals surface area contributed by atoms with E-state index in [1.54, 1.807) is 7.11 Å². The van der Waals surface area contributed by atoms with Gasteiger partial charge in [-0.2, -0.15) is 0 Å². The van der Waals surface area contributed by atoms with Crippen molar-refractivity contribution in [3.63, 3.8) is 0 Å². The van der Waals surface area contributed by atoms with Gasteiger partial charge in [-0.15, -0.1) is 0 Å². The molecule has 3 nitrogen and oxygen atoms in total. The average molecular weight is 252 g/mol. The van der Waals surface area contributed by atoms with Gasteiger partial charge in [-0.3, -0.25) is 0 Å². The van der Waals surface area contributed by atoms with E-state index in [-0.39, 0.29) is 11.1 Å². The van der Waals surface area contributed by atoms with E-state index in [9.17, 15) is 8.78 Å². The lowest BCUT2D eigenvalue weighted by Gasteiger charge is -2.39. The molecule has 0 amide bonds. The van der Waals surface area contributed by atoms with Crippen LogP contribution in [0, 0.1) is 11.6 Å². The number of nitrogens with zero attached hydrogens (tertiary/aromatic N) is 1. The Balaban J connectivity index is 1.96. The van der Waals surface area contributed by atoms with E-state index in [0.29, 0.717) is 17.8 Å². The van der Waals surface area contributed by atoms with Crippen LogP contribution in [-0.2, 0) is 11.2 Å². The number of aromatic nitrogens is 2. The molecule has 1 heterocycles. The van der Waals surface area contributed by atoms with Crippen LogP contribution in [0.15, 0.2) is 12.1 Å². The SMILES string of the molecule is COC1(Cc2nc3c(F)cc(F)cc3[nH]2)CCC1. The van der Waals surface area contributed by atoms with Crippen molar-refractivity contribution in [3.05, 3.63) is 29.6 Å². The highest BCUT2D eigenvalue weighted by molar-refractivity contribution is 5.75. The van der Waals surface area contributed by atoms with E-state index in [0.717, 1.165) is 25.3 Å². The Bertz CT molecular complexity index is 584. The highest BCUT2D eigenvalue weighted by atomic mass is 19.1. The second kappa shape index (κ2) is 4.02. The molecule has 0 unspecified atom stereocenters. The van der Waals surface area contributed by atoms with Crippen molar-refractivity contribution in [3.8, 4) is 0 Å². The Hall–Kier alpha value is -1.49. The fourth-order valence-corrected chi connectivity index (χ4v) is 2.51. The highest BCUT2D eigenvalue weighted by Crippen LogP contribution is 2.37. The van der Waals surface area contributed by atoms with Crippen LogP contribution < -0.4 is 0 Å². The molecule has 0 spiro atoms. The van der Waals surface area contributed by atoms with Gasteiger partial charge < -0.3 is 9.72 Å². The molecule has 18 heavy (non-hydrogen) atoms. The molecular weight excluding hydrogens is 238 g/mol. The summed E-state index contributed by atoms with van der Waals surface area (Å²) in [4.78, 5) is 7.16. The molecule has 1 N–H and O–H groups in total. The smallest absolute Gasteiger partial charge is 0.153 e. The number of methoxy groups -OCH3 is 1. The molecule has 5 heteroatoms. The summed E-state index contributed by atoms with van der Waals surface area (Å²) in [6, 6.07) is 2.11. The number of halogens is 2. The standard InChI is InChI=1S/C13H14F2N2O/c1-18-13(3-2-4-13)7-11-16-10-6-8(14)5-9(15)12(10)17-11/h5-6H,2-4,7H2,1H3,(H,16,17). The molecule has 0 atom stereocenters. The van der Waals surface area contributed by atoms with Crippen molar-refractivity contribution >= 4 is 11.0 Å². The molecule has 1 saturated carbocycles. The minimum atomic E-state index is -0.632. The molecule has 0 radical (unpaired) electrons. The third-order valence-electron chi connectivity index (χ3n) is 3.74. The van der Waals surface area contributed by atoms with Gasteiger partial charge in [-0.25, -0.2) is 13.8 Å². The van der Waals surface area contributed by atoms with Crippen molar-refractivity contribution in [1.29, 1.82) is 0 Å². The van der Waals surface area contributed by atoms with Crippen molar-refractivity contribution in [2.45, 2.75) is 31.3 Å². The van der Waals surface area contributed by atoms with Crippen LogP contribution >= 0.6 is 0 Å². The lowest BCUT2D eigenvalue weighted by molar-refractivity contribution is -0.0719. The van der Waals surface area contributed by atoms with Crippen LogP contribution in [0.3, 0.4) is 0 Å². The minimum Gasteiger partial charge on any atom is -0.378 e. The minimum absolute atomic E-state index is 0.178. The first-order valence-corrected chi connectivity index (χ1v) is 6.01. The Morgan fingerprint density at radius 2 is 2.17 bits per heavy atom. The summed E-state index contributed by atoms with van der Waals surface area (Å²) < 4.78 is 32.1. The molecule has 2 aromatic rings. The maximum absolute atomic E-state index is 13.5. The van der Waals surface area contributed by atoms with E-state index >= 15 is 0 Å². The largest absolute Gasteiger partial charge is 0.378 e. The van der Waals surface area contributed by atoms with Crippen molar-refractivity contribution < 1.29 is 13.5 Å². The van der Waals surface area contributed by atoms with Gasteiger partial charge in [0.25, 0.3) is 0 Å². The second-order valence-electron chi connectivity index (χ2n) is 4.88. The van der Waals surface area contributed by atoms with Gasteiger partial charge in [0, 0.05) is 19.6 Å². The van der Waals surface area contributed by atoms with Gasteiger partial charge in [-0.05, 0) is 25.3 Å². The van der Waals surface area contributed by atoms with Crippen LogP contribution in [0.5, 0.6) is 0 Å². The maximum atomic E-state index is 13.5. The van der Waals surface area contributed by atoms with E-state index < -0.39 is 11.6 Å². The van der Waals surface area contributed by atoms with Crippen LogP contribution in [-0.4, -0.2) is 22.7 Å². The Morgan fingerprint density at radius 3 is 2.78 bits per heavy atom. The first-order chi connectivity index (χ1) is 8.62. The Kier molecular flexibility index (Phi) is 2.59. The summed E-state index contributed by atoms with van der Waals surface area (Å²) >= 11 is 0. The van der Waals surface area contributed by atoms with Crippen molar-refractivity contribution in [2.75, 3.05) is 7.11 Å². The fourth-order valence-electron chi connectivity index (χ4n) is 2.51. The first kappa shape index (κ1) is 11.6. The van der Waals surface area contributed by atoms with Crippen LogP contribution in [0.25, 0.3) is 11.0 Å². The summed E-state index contributed by atoms with van der Waals surface area (Å²) in [7, 11) is 1.68. The highest BCUT2D eigenvalue weighted by Gasteiger charge is 2.38. The lowest BCUT2D eigenvalue weighted by Crippen LogP contribution is -2.41. The summed E-state index contributed by atoms with van der Waals surface area (Å²) in [5, 5.41) is 0. The predicted molar refractivity (Wildman–Crippen MR) is 63.3 cm³/mol. The molecule has 1 aromatic carbocycles. The predicted octanol–water partition coefficient (Wildman–Crippen LogP) is 2.95. The number of hydrogen-bond acceptors (Lipinski definition) is 2. The number of fused-ring (bicyclic) bond motifs is 1. The van der Waals surface area contributed by atoms with Crippen molar-refractivity contribution in [1.82, 2.24) is 9.97 Å².